The molecule has 0 bridgehead atoms. The Bertz CT molecular complexity index is 1180. The molecule has 35 heavy (non-hydrogen) atoms. The highest BCUT2D eigenvalue weighted by molar-refractivity contribution is 8.15. The van der Waals surface area contributed by atoms with Crippen LogP contribution in [0.15, 0.2) is 47.5 Å². The molecule has 182 valence electrons. The van der Waals surface area contributed by atoms with Crippen molar-refractivity contribution < 1.29 is 18.8 Å². The molecule has 3 amide bonds. The van der Waals surface area contributed by atoms with Gasteiger partial charge in [0.2, 0.25) is 5.91 Å². The van der Waals surface area contributed by atoms with Crippen LogP contribution in [0, 0.1) is 5.82 Å². The Balaban J connectivity index is 1.18. The molecule has 2 aromatic carbocycles. The minimum absolute atomic E-state index is 0.0428. The monoisotopic (exact) mass is 494 g/mol. The molecule has 3 heterocycles. The van der Waals surface area contributed by atoms with Crippen LogP contribution >= 0.6 is 11.8 Å². The summed E-state index contributed by atoms with van der Waals surface area (Å²) < 4.78 is 13.8. The molecule has 9 heteroatoms. The minimum atomic E-state index is -0.507. The number of amidine groups is 1. The first-order valence-electron chi connectivity index (χ1n) is 12.0. The number of halogens is 1. The van der Waals surface area contributed by atoms with Gasteiger partial charge in [0.05, 0.1) is 5.69 Å². The van der Waals surface area contributed by atoms with Gasteiger partial charge in [-0.2, -0.15) is 4.99 Å². The molecule has 1 fully saturated rings. The van der Waals surface area contributed by atoms with E-state index in [9.17, 15) is 18.8 Å². The topological polar surface area (TPSA) is 82.1 Å². The number of carbonyl (C=O) groups excluding carboxylic acids is 3. The molecule has 3 aliphatic heterocycles. The zero-order valence-corrected chi connectivity index (χ0v) is 20.2. The number of aliphatic imine (C=N–C) groups is 1. The van der Waals surface area contributed by atoms with Gasteiger partial charge in [0.1, 0.15) is 11.1 Å². The fourth-order valence-electron chi connectivity index (χ4n) is 4.72. The summed E-state index contributed by atoms with van der Waals surface area (Å²) in [5.41, 5.74) is 2.58. The SMILES string of the molecule is O=C(CC1SC(N2CCCCC2)=NC1=O)Nc1ccc(C(=O)N2CCCc3ccc(F)cc32)cc1. The average molecular weight is 495 g/mol. The van der Waals surface area contributed by atoms with Crippen LogP contribution in [0.1, 0.15) is 48.0 Å². The molecule has 1 unspecified atom stereocenters. The maximum absolute atomic E-state index is 13.8. The van der Waals surface area contributed by atoms with Crippen molar-refractivity contribution in [2.75, 3.05) is 29.9 Å². The third-order valence-electron chi connectivity index (χ3n) is 6.55. The van der Waals surface area contributed by atoms with Crippen molar-refractivity contribution >= 4 is 46.0 Å². The van der Waals surface area contributed by atoms with Crippen molar-refractivity contribution in [2.24, 2.45) is 4.99 Å². The van der Waals surface area contributed by atoms with E-state index in [0.29, 0.717) is 23.5 Å². The fourth-order valence-corrected chi connectivity index (χ4v) is 5.84. The Morgan fingerprint density at radius 2 is 1.80 bits per heavy atom. The van der Waals surface area contributed by atoms with Crippen LogP contribution in [-0.4, -0.2) is 52.7 Å². The number of aryl methyl sites for hydroxylation is 1. The maximum atomic E-state index is 13.8. The lowest BCUT2D eigenvalue weighted by molar-refractivity contribution is -0.121. The first-order chi connectivity index (χ1) is 17.0. The summed E-state index contributed by atoms with van der Waals surface area (Å²) in [5.74, 6) is -1.10. The molecule has 1 saturated heterocycles. The Morgan fingerprint density at radius 1 is 1.03 bits per heavy atom. The standard InChI is InChI=1S/C26H27FN4O3S/c27-19-9-6-17-5-4-14-31(21(17)15-19)25(34)18-7-10-20(11-8-18)28-23(32)16-22-24(33)29-26(35-22)30-12-2-1-3-13-30/h6-11,15,22H,1-5,12-14,16H2,(H,28,32). The second-order valence-electron chi connectivity index (χ2n) is 9.05. The Morgan fingerprint density at radius 3 is 2.57 bits per heavy atom. The van der Waals surface area contributed by atoms with Gasteiger partial charge in [-0.15, -0.1) is 0 Å². The predicted octanol–water partition coefficient (Wildman–Crippen LogP) is 4.23. The second-order valence-corrected chi connectivity index (χ2v) is 10.2. The largest absolute Gasteiger partial charge is 0.351 e. The third kappa shape index (κ3) is 5.24. The third-order valence-corrected chi connectivity index (χ3v) is 7.77. The quantitative estimate of drug-likeness (QED) is 0.688. The Labute approximate surface area is 207 Å². The molecule has 0 radical (unpaired) electrons. The summed E-state index contributed by atoms with van der Waals surface area (Å²) in [5, 5.41) is 3.03. The lowest BCUT2D eigenvalue weighted by Gasteiger charge is -2.29. The van der Waals surface area contributed by atoms with Crippen molar-refractivity contribution in [1.29, 1.82) is 0 Å². The fraction of sp³-hybridized carbons (Fsp3) is 0.385. The van der Waals surface area contributed by atoms with Crippen LogP contribution < -0.4 is 10.2 Å². The number of likely N-dealkylation sites (tertiary alicyclic amines) is 1. The number of piperidine rings is 1. The van der Waals surface area contributed by atoms with Gasteiger partial charge in [-0.05, 0) is 74.1 Å². The van der Waals surface area contributed by atoms with Crippen LogP contribution in [0.25, 0.3) is 0 Å². The number of carbonyl (C=O) groups is 3. The number of anilines is 2. The zero-order valence-electron chi connectivity index (χ0n) is 19.3. The Hall–Kier alpha value is -3.20. The second kappa shape index (κ2) is 10.2. The number of amides is 3. The summed E-state index contributed by atoms with van der Waals surface area (Å²) in [6.07, 6.45) is 5.07. The number of benzene rings is 2. The number of hydrogen-bond acceptors (Lipinski definition) is 5. The summed E-state index contributed by atoms with van der Waals surface area (Å²) in [4.78, 5) is 45.9. The highest BCUT2D eigenvalue weighted by Crippen LogP contribution is 2.30. The molecule has 3 aliphatic rings. The van der Waals surface area contributed by atoms with Crippen molar-refractivity contribution in [2.45, 2.75) is 43.8 Å². The number of nitrogens with zero attached hydrogens (tertiary/aromatic N) is 3. The van der Waals surface area contributed by atoms with E-state index in [2.05, 4.69) is 15.2 Å². The summed E-state index contributed by atoms with van der Waals surface area (Å²) in [6, 6.07) is 11.2. The molecule has 7 nitrogen and oxygen atoms in total. The average Bonchev–Trinajstić information content (AvgIpc) is 3.24. The Kier molecular flexibility index (Phi) is 6.86. The van der Waals surface area contributed by atoms with E-state index >= 15 is 0 Å². The van der Waals surface area contributed by atoms with Crippen molar-refractivity contribution in [1.82, 2.24) is 4.90 Å². The smallest absolute Gasteiger partial charge is 0.262 e. The molecule has 1 atom stereocenters. The van der Waals surface area contributed by atoms with E-state index in [-0.39, 0.29) is 30.0 Å². The number of thioether (sulfide) groups is 1. The molecule has 5 rings (SSSR count). The van der Waals surface area contributed by atoms with Crippen LogP contribution in [0.5, 0.6) is 0 Å². The molecule has 0 aliphatic carbocycles. The molecule has 2 aromatic rings. The van der Waals surface area contributed by atoms with Crippen LogP contribution in [0.2, 0.25) is 0 Å². The van der Waals surface area contributed by atoms with E-state index in [4.69, 9.17) is 0 Å². The van der Waals surface area contributed by atoms with E-state index < -0.39 is 5.25 Å². The maximum Gasteiger partial charge on any atom is 0.262 e. The van der Waals surface area contributed by atoms with E-state index in [1.165, 1.54) is 30.3 Å². The predicted molar refractivity (Wildman–Crippen MR) is 135 cm³/mol. The highest BCUT2D eigenvalue weighted by Gasteiger charge is 2.33. The normalized spacial score (nSPS) is 19.9. The van der Waals surface area contributed by atoms with Gasteiger partial charge in [-0.1, -0.05) is 17.8 Å². The van der Waals surface area contributed by atoms with Gasteiger partial charge in [-0.25, -0.2) is 4.39 Å². The van der Waals surface area contributed by atoms with E-state index in [1.807, 2.05) is 0 Å². The van der Waals surface area contributed by atoms with Crippen molar-refractivity contribution in [3.63, 3.8) is 0 Å². The van der Waals surface area contributed by atoms with Gasteiger partial charge in [-0.3, -0.25) is 14.4 Å². The van der Waals surface area contributed by atoms with Gasteiger partial charge < -0.3 is 15.1 Å². The summed E-state index contributed by atoms with van der Waals surface area (Å²) >= 11 is 1.37. The summed E-state index contributed by atoms with van der Waals surface area (Å²) in [7, 11) is 0. The van der Waals surface area contributed by atoms with Crippen LogP contribution in [0.4, 0.5) is 15.8 Å². The number of rotatable bonds is 4. The molecule has 1 N–H and O–H groups in total. The van der Waals surface area contributed by atoms with Crippen LogP contribution in [-0.2, 0) is 16.0 Å². The molecule has 0 spiro atoms. The minimum Gasteiger partial charge on any atom is -0.351 e. The first-order valence-corrected chi connectivity index (χ1v) is 12.9. The lowest BCUT2D eigenvalue weighted by Crippen LogP contribution is -2.35. The lowest BCUT2D eigenvalue weighted by atomic mass is 10.0. The van der Waals surface area contributed by atoms with Crippen molar-refractivity contribution in [3.8, 4) is 0 Å². The number of hydrogen-bond donors (Lipinski definition) is 1. The van der Waals surface area contributed by atoms with Gasteiger partial charge in [0.15, 0.2) is 5.17 Å². The first kappa shape index (κ1) is 23.5. The zero-order chi connectivity index (χ0) is 24.4. The van der Waals surface area contributed by atoms with Gasteiger partial charge in [0, 0.05) is 37.3 Å². The van der Waals surface area contributed by atoms with Gasteiger partial charge in [0.25, 0.3) is 11.8 Å². The van der Waals surface area contributed by atoms with Crippen LogP contribution in [0.3, 0.4) is 0 Å². The molecular weight excluding hydrogens is 467 g/mol. The molecule has 0 saturated carbocycles. The van der Waals surface area contributed by atoms with E-state index in [0.717, 1.165) is 49.5 Å². The highest BCUT2D eigenvalue weighted by atomic mass is 32.2. The number of fused-ring (bicyclic) bond motifs is 1. The molecule has 0 aromatic heterocycles. The molecular formula is C26H27FN4O3S. The number of nitrogens with one attached hydrogen (secondary N) is 1. The summed E-state index contributed by atoms with van der Waals surface area (Å²) in [6.45, 7) is 2.34. The van der Waals surface area contributed by atoms with Crippen molar-refractivity contribution in [3.05, 3.63) is 59.4 Å². The van der Waals surface area contributed by atoms with Gasteiger partial charge >= 0.3 is 0 Å². The van der Waals surface area contributed by atoms with E-state index in [1.54, 1.807) is 35.2 Å².